The van der Waals surface area contributed by atoms with Crippen LogP contribution in [0.4, 0.5) is 0 Å². The standard InChI is InChI=1S/C15H19N3O5/c1-9-5-4-6-12(7-9)14(21)16-10(2)15(22)23-8-13(20)18-17-11(3)19/h4-7,10H,8H2,1-3H3,(H,16,21)(H,17,19)(H,18,20)/t10-/m0/s1. The van der Waals surface area contributed by atoms with Crippen molar-refractivity contribution in [2.24, 2.45) is 0 Å². The third-order valence-electron chi connectivity index (χ3n) is 2.70. The first-order valence-electron chi connectivity index (χ1n) is 6.89. The average Bonchev–Trinajstić information content (AvgIpc) is 2.50. The van der Waals surface area contributed by atoms with Gasteiger partial charge in [0.25, 0.3) is 11.8 Å². The monoisotopic (exact) mass is 321 g/mol. The first kappa shape index (κ1) is 18.1. The smallest absolute Gasteiger partial charge is 0.328 e. The van der Waals surface area contributed by atoms with Gasteiger partial charge in [0.2, 0.25) is 5.91 Å². The van der Waals surface area contributed by atoms with Gasteiger partial charge in [-0.05, 0) is 26.0 Å². The maximum absolute atomic E-state index is 12.0. The van der Waals surface area contributed by atoms with Crippen LogP contribution in [0.2, 0.25) is 0 Å². The number of hydrogen-bond acceptors (Lipinski definition) is 5. The van der Waals surface area contributed by atoms with Gasteiger partial charge in [-0.1, -0.05) is 17.7 Å². The Morgan fingerprint density at radius 3 is 2.48 bits per heavy atom. The Kier molecular flexibility index (Phi) is 6.72. The Balaban J connectivity index is 2.43. The Hall–Kier alpha value is -2.90. The molecule has 0 saturated carbocycles. The van der Waals surface area contributed by atoms with Gasteiger partial charge in [-0.2, -0.15) is 0 Å². The number of nitrogens with one attached hydrogen (secondary N) is 3. The predicted molar refractivity (Wildman–Crippen MR) is 81.0 cm³/mol. The summed E-state index contributed by atoms with van der Waals surface area (Å²) in [5, 5.41) is 2.48. The largest absolute Gasteiger partial charge is 0.454 e. The van der Waals surface area contributed by atoms with Crippen molar-refractivity contribution in [2.75, 3.05) is 6.61 Å². The molecule has 0 heterocycles. The van der Waals surface area contributed by atoms with Gasteiger partial charge < -0.3 is 10.1 Å². The van der Waals surface area contributed by atoms with Gasteiger partial charge in [-0.15, -0.1) is 0 Å². The highest BCUT2D eigenvalue weighted by molar-refractivity contribution is 5.97. The molecule has 0 fully saturated rings. The number of carbonyl (C=O) groups excluding carboxylic acids is 4. The van der Waals surface area contributed by atoms with Gasteiger partial charge >= 0.3 is 5.97 Å². The molecule has 8 nitrogen and oxygen atoms in total. The van der Waals surface area contributed by atoms with Crippen molar-refractivity contribution in [3.63, 3.8) is 0 Å². The lowest BCUT2D eigenvalue weighted by molar-refractivity contribution is -0.150. The molecule has 0 bridgehead atoms. The van der Waals surface area contributed by atoms with E-state index in [1.807, 2.05) is 18.4 Å². The van der Waals surface area contributed by atoms with E-state index in [1.54, 1.807) is 18.2 Å². The zero-order chi connectivity index (χ0) is 17.4. The summed E-state index contributed by atoms with van der Waals surface area (Å²) in [4.78, 5) is 45.6. The lowest BCUT2D eigenvalue weighted by Gasteiger charge is -2.13. The van der Waals surface area contributed by atoms with Crippen LogP contribution < -0.4 is 16.2 Å². The van der Waals surface area contributed by atoms with E-state index in [0.717, 1.165) is 5.56 Å². The summed E-state index contributed by atoms with van der Waals surface area (Å²) in [6, 6.07) is 5.98. The number of hydrazine groups is 1. The Morgan fingerprint density at radius 2 is 1.87 bits per heavy atom. The molecule has 1 aromatic carbocycles. The molecule has 0 spiro atoms. The minimum Gasteiger partial charge on any atom is -0.454 e. The number of hydrogen-bond donors (Lipinski definition) is 3. The van der Waals surface area contributed by atoms with Crippen LogP contribution in [0.3, 0.4) is 0 Å². The van der Waals surface area contributed by atoms with Crippen molar-refractivity contribution in [1.29, 1.82) is 0 Å². The molecule has 0 radical (unpaired) electrons. The van der Waals surface area contributed by atoms with Crippen LogP contribution in [0.15, 0.2) is 24.3 Å². The minimum atomic E-state index is -0.920. The van der Waals surface area contributed by atoms with Crippen molar-refractivity contribution >= 4 is 23.7 Å². The second-order valence-electron chi connectivity index (χ2n) is 4.90. The molecule has 1 rings (SSSR count). The number of rotatable bonds is 5. The van der Waals surface area contributed by atoms with Crippen LogP contribution in [0.25, 0.3) is 0 Å². The number of esters is 1. The molecule has 8 heteroatoms. The van der Waals surface area contributed by atoms with E-state index >= 15 is 0 Å². The number of carbonyl (C=O) groups is 4. The van der Waals surface area contributed by atoms with E-state index < -0.39 is 36.3 Å². The summed E-state index contributed by atoms with van der Waals surface area (Å²) < 4.78 is 4.74. The predicted octanol–water partition coefficient (Wildman–Crippen LogP) is -0.176. The summed E-state index contributed by atoms with van der Waals surface area (Å²) >= 11 is 0. The van der Waals surface area contributed by atoms with Gasteiger partial charge in [0.15, 0.2) is 6.61 Å². The zero-order valence-electron chi connectivity index (χ0n) is 13.1. The topological polar surface area (TPSA) is 114 Å². The van der Waals surface area contributed by atoms with Crippen LogP contribution in [0.1, 0.15) is 29.8 Å². The van der Waals surface area contributed by atoms with Crippen LogP contribution >= 0.6 is 0 Å². The lowest BCUT2D eigenvalue weighted by atomic mass is 10.1. The molecule has 1 aromatic rings. The number of amides is 3. The van der Waals surface area contributed by atoms with Crippen LogP contribution in [0, 0.1) is 6.92 Å². The van der Waals surface area contributed by atoms with E-state index in [2.05, 4.69) is 10.7 Å². The number of benzene rings is 1. The van der Waals surface area contributed by atoms with E-state index in [0.29, 0.717) is 5.56 Å². The van der Waals surface area contributed by atoms with E-state index in [-0.39, 0.29) is 0 Å². The molecule has 0 aliphatic carbocycles. The van der Waals surface area contributed by atoms with Gasteiger partial charge in [-0.25, -0.2) is 4.79 Å². The van der Waals surface area contributed by atoms with Crippen LogP contribution in [-0.2, 0) is 19.1 Å². The molecule has 0 aliphatic heterocycles. The molecular formula is C15H19N3O5. The fourth-order valence-electron chi connectivity index (χ4n) is 1.58. The molecule has 23 heavy (non-hydrogen) atoms. The van der Waals surface area contributed by atoms with E-state index in [1.165, 1.54) is 13.8 Å². The second kappa shape index (κ2) is 8.52. The molecule has 3 amide bonds. The lowest BCUT2D eigenvalue weighted by Crippen LogP contribution is -2.44. The quantitative estimate of drug-likeness (QED) is 0.514. The molecule has 124 valence electrons. The molecule has 0 saturated heterocycles. The second-order valence-corrected chi connectivity index (χ2v) is 4.90. The van der Waals surface area contributed by atoms with Crippen molar-refractivity contribution in [3.8, 4) is 0 Å². The molecular weight excluding hydrogens is 302 g/mol. The Labute approximate surface area is 133 Å². The molecule has 3 N–H and O–H groups in total. The fourth-order valence-corrected chi connectivity index (χ4v) is 1.58. The highest BCUT2D eigenvalue weighted by Gasteiger charge is 2.19. The zero-order valence-corrected chi connectivity index (χ0v) is 13.1. The maximum Gasteiger partial charge on any atom is 0.328 e. The first-order valence-corrected chi connectivity index (χ1v) is 6.89. The summed E-state index contributed by atoms with van der Waals surface area (Å²) in [7, 11) is 0. The highest BCUT2D eigenvalue weighted by atomic mass is 16.5. The Bertz CT molecular complexity index is 615. The minimum absolute atomic E-state index is 0.416. The van der Waals surface area contributed by atoms with Gasteiger partial charge in [0.05, 0.1) is 0 Å². The highest BCUT2D eigenvalue weighted by Crippen LogP contribution is 2.04. The van der Waals surface area contributed by atoms with Crippen molar-refractivity contribution in [3.05, 3.63) is 35.4 Å². The maximum atomic E-state index is 12.0. The van der Waals surface area contributed by atoms with E-state index in [4.69, 9.17) is 4.74 Å². The van der Waals surface area contributed by atoms with E-state index in [9.17, 15) is 19.2 Å². The van der Waals surface area contributed by atoms with Gasteiger partial charge in [0, 0.05) is 12.5 Å². The molecule has 1 atom stereocenters. The Morgan fingerprint density at radius 1 is 1.17 bits per heavy atom. The summed E-state index contributed by atoms with van der Waals surface area (Å²) in [5.74, 6) is -2.32. The fraction of sp³-hybridized carbons (Fsp3) is 0.333. The first-order chi connectivity index (χ1) is 10.8. The molecule has 0 aromatic heterocycles. The summed E-state index contributed by atoms with van der Waals surface area (Å²) in [6.45, 7) is 3.95. The molecule has 0 aliphatic rings. The number of aryl methyl sites for hydroxylation is 1. The molecule has 0 unspecified atom stereocenters. The van der Waals surface area contributed by atoms with Gasteiger partial charge in [-0.3, -0.25) is 25.2 Å². The van der Waals surface area contributed by atoms with Crippen molar-refractivity contribution in [1.82, 2.24) is 16.2 Å². The number of ether oxygens (including phenoxy) is 1. The average molecular weight is 321 g/mol. The SMILES string of the molecule is CC(=O)NNC(=O)COC(=O)[C@H](C)NC(=O)c1cccc(C)c1. The third-order valence-corrected chi connectivity index (χ3v) is 2.70. The summed E-state index contributed by atoms with van der Waals surface area (Å²) in [6.07, 6.45) is 0. The normalized spacial score (nSPS) is 11.1. The van der Waals surface area contributed by atoms with Crippen LogP contribution in [-0.4, -0.2) is 36.3 Å². The van der Waals surface area contributed by atoms with Crippen LogP contribution in [0.5, 0.6) is 0 Å². The third kappa shape index (κ3) is 6.60. The van der Waals surface area contributed by atoms with Gasteiger partial charge in [0.1, 0.15) is 6.04 Å². The van der Waals surface area contributed by atoms with Crippen molar-refractivity contribution < 1.29 is 23.9 Å². The summed E-state index contributed by atoms with van der Waals surface area (Å²) in [5.41, 5.74) is 5.45. The van der Waals surface area contributed by atoms with Crippen molar-refractivity contribution in [2.45, 2.75) is 26.8 Å².